The number of hydrogen-bond donors (Lipinski definition) is 1. The molecule has 1 fully saturated rings. The fraction of sp³-hybridized carbons (Fsp3) is 0.250. The van der Waals surface area contributed by atoms with Gasteiger partial charge >= 0.3 is 0 Å². The Bertz CT molecular complexity index is 1130. The highest BCUT2D eigenvalue weighted by atomic mass is 32.1. The molecule has 1 N–H and O–H groups in total. The molecule has 0 saturated carbocycles. The van der Waals surface area contributed by atoms with E-state index < -0.39 is 0 Å². The van der Waals surface area contributed by atoms with Gasteiger partial charge in [-0.1, -0.05) is 41.6 Å². The second-order valence-corrected chi connectivity index (χ2v) is 8.51. The molecule has 0 aliphatic carbocycles. The maximum Gasteiger partial charge on any atom is 0.251 e. The van der Waals surface area contributed by atoms with Gasteiger partial charge in [-0.3, -0.25) is 4.79 Å². The number of carbonyl (C=O) groups is 1. The molecule has 1 aliphatic heterocycles. The molecule has 1 amide bonds. The van der Waals surface area contributed by atoms with Gasteiger partial charge < -0.3 is 14.6 Å². The molecule has 30 heavy (non-hydrogen) atoms. The minimum absolute atomic E-state index is 0.00633. The Labute approximate surface area is 178 Å². The second-order valence-electron chi connectivity index (χ2n) is 7.53. The van der Waals surface area contributed by atoms with Crippen molar-refractivity contribution in [2.75, 3.05) is 13.2 Å². The van der Waals surface area contributed by atoms with Crippen LogP contribution in [-0.2, 0) is 4.74 Å². The summed E-state index contributed by atoms with van der Waals surface area (Å²) in [7, 11) is 0. The number of hydrogen-bond acceptors (Lipinski definition) is 5. The van der Waals surface area contributed by atoms with Crippen molar-refractivity contribution >= 4 is 28.1 Å². The largest absolute Gasteiger partial charge is 0.381 e. The van der Waals surface area contributed by atoms with Crippen LogP contribution in [0.15, 0.2) is 70.6 Å². The maximum absolute atomic E-state index is 13.2. The number of nitrogens with zero attached hydrogens (tertiary/aromatic N) is 1. The topological polar surface area (TPSA) is 64.4 Å². The van der Waals surface area contributed by atoms with E-state index >= 15 is 0 Å². The van der Waals surface area contributed by atoms with Crippen LogP contribution in [0.3, 0.4) is 0 Å². The van der Waals surface area contributed by atoms with E-state index in [1.54, 1.807) is 11.3 Å². The second kappa shape index (κ2) is 8.42. The van der Waals surface area contributed by atoms with Gasteiger partial charge in [0.25, 0.3) is 5.91 Å². The van der Waals surface area contributed by atoms with Crippen molar-refractivity contribution < 1.29 is 14.1 Å². The van der Waals surface area contributed by atoms with Crippen LogP contribution < -0.4 is 5.32 Å². The smallest absolute Gasteiger partial charge is 0.251 e. The van der Waals surface area contributed by atoms with Gasteiger partial charge in [-0.25, -0.2) is 0 Å². The molecule has 5 nitrogen and oxygen atoms in total. The Hall–Kier alpha value is -2.96. The maximum atomic E-state index is 13.2. The number of thiophene rings is 1. The summed E-state index contributed by atoms with van der Waals surface area (Å²) in [5, 5.41) is 10.3. The first-order valence-corrected chi connectivity index (χ1v) is 11.0. The minimum Gasteiger partial charge on any atom is -0.381 e. The molecular weight excluding hydrogens is 396 g/mol. The predicted molar refractivity (Wildman–Crippen MR) is 118 cm³/mol. The number of aromatic nitrogens is 1. The minimum atomic E-state index is -0.0815. The molecule has 1 saturated heterocycles. The van der Waals surface area contributed by atoms with Crippen molar-refractivity contribution in [3.8, 4) is 11.3 Å². The zero-order chi connectivity index (χ0) is 20.3. The van der Waals surface area contributed by atoms with Gasteiger partial charge in [0, 0.05) is 29.2 Å². The monoisotopic (exact) mass is 418 g/mol. The number of nitrogens with one attached hydrogen (secondary N) is 1. The van der Waals surface area contributed by atoms with E-state index in [9.17, 15) is 4.79 Å². The van der Waals surface area contributed by atoms with Gasteiger partial charge in [0.1, 0.15) is 5.52 Å². The first-order chi connectivity index (χ1) is 14.8. The van der Waals surface area contributed by atoms with E-state index in [0.717, 1.165) is 42.5 Å². The fourth-order valence-electron chi connectivity index (χ4n) is 4.04. The van der Waals surface area contributed by atoms with Crippen LogP contribution in [0.1, 0.15) is 34.1 Å². The highest BCUT2D eigenvalue weighted by Crippen LogP contribution is 2.33. The highest BCUT2D eigenvalue weighted by molar-refractivity contribution is 7.10. The Balaban J connectivity index is 1.45. The van der Waals surface area contributed by atoms with Gasteiger partial charge in [0.15, 0.2) is 5.76 Å². The van der Waals surface area contributed by atoms with Gasteiger partial charge in [-0.05, 0) is 48.4 Å². The standard InChI is InChI=1S/C24H22N2O3S/c27-24(25-22(21-7-4-14-30-21)16-10-12-28-13-11-16)18-8-9-20-19(15-18)23(29-26-20)17-5-2-1-3-6-17/h1-9,14-16,22H,10-13H2,(H,25,27). The third-order valence-corrected chi connectivity index (χ3v) is 6.60. The Kier molecular flexibility index (Phi) is 5.34. The van der Waals surface area contributed by atoms with E-state index in [4.69, 9.17) is 9.26 Å². The summed E-state index contributed by atoms with van der Waals surface area (Å²) in [5.74, 6) is 0.974. The molecule has 3 heterocycles. The van der Waals surface area contributed by atoms with Crippen LogP contribution in [0.2, 0.25) is 0 Å². The molecule has 4 aromatic rings. The molecule has 1 unspecified atom stereocenters. The highest BCUT2D eigenvalue weighted by Gasteiger charge is 2.28. The lowest BCUT2D eigenvalue weighted by Gasteiger charge is -2.30. The van der Waals surface area contributed by atoms with Gasteiger partial charge in [-0.15, -0.1) is 11.3 Å². The average molecular weight is 419 g/mol. The lowest BCUT2D eigenvalue weighted by molar-refractivity contribution is 0.0518. The molecular formula is C24H22N2O3S. The average Bonchev–Trinajstić information content (AvgIpc) is 3.48. The molecule has 2 aromatic carbocycles. The summed E-state index contributed by atoms with van der Waals surface area (Å²) >= 11 is 1.68. The number of ether oxygens (including phenoxy) is 1. The molecule has 0 spiro atoms. The van der Waals surface area contributed by atoms with Crippen molar-refractivity contribution in [1.82, 2.24) is 10.5 Å². The normalized spacial score (nSPS) is 15.9. The Morgan fingerprint density at radius 1 is 1.07 bits per heavy atom. The Morgan fingerprint density at radius 2 is 1.90 bits per heavy atom. The lowest BCUT2D eigenvalue weighted by atomic mass is 9.90. The molecule has 5 rings (SSSR count). The summed E-state index contributed by atoms with van der Waals surface area (Å²) in [6.07, 6.45) is 1.90. The third kappa shape index (κ3) is 3.76. The molecule has 0 bridgehead atoms. The van der Waals surface area contributed by atoms with Crippen molar-refractivity contribution in [1.29, 1.82) is 0 Å². The van der Waals surface area contributed by atoms with Gasteiger partial charge in [0.05, 0.1) is 11.4 Å². The van der Waals surface area contributed by atoms with E-state index in [1.807, 2.05) is 54.6 Å². The van der Waals surface area contributed by atoms with Crippen LogP contribution in [0.4, 0.5) is 0 Å². The molecule has 152 valence electrons. The van der Waals surface area contributed by atoms with Gasteiger partial charge in [0.2, 0.25) is 0 Å². The van der Waals surface area contributed by atoms with Crippen LogP contribution >= 0.6 is 11.3 Å². The summed E-state index contributed by atoms with van der Waals surface area (Å²) in [6.45, 7) is 1.49. The third-order valence-electron chi connectivity index (χ3n) is 5.65. The molecule has 1 aliphatic rings. The first kappa shape index (κ1) is 19.0. The summed E-state index contributed by atoms with van der Waals surface area (Å²) in [5.41, 5.74) is 2.29. The van der Waals surface area contributed by atoms with Crippen LogP contribution in [0.5, 0.6) is 0 Å². The number of carbonyl (C=O) groups excluding carboxylic acids is 1. The molecule has 0 radical (unpaired) electrons. The molecule has 1 atom stereocenters. The number of rotatable bonds is 5. The predicted octanol–water partition coefficient (Wildman–Crippen LogP) is 5.45. The Morgan fingerprint density at radius 3 is 2.67 bits per heavy atom. The quantitative estimate of drug-likeness (QED) is 0.468. The van der Waals surface area contributed by atoms with Crippen molar-refractivity contribution in [3.05, 3.63) is 76.5 Å². The van der Waals surface area contributed by atoms with Gasteiger partial charge in [-0.2, -0.15) is 0 Å². The zero-order valence-corrected chi connectivity index (χ0v) is 17.2. The zero-order valence-electron chi connectivity index (χ0n) is 16.4. The van der Waals surface area contributed by atoms with Crippen molar-refractivity contribution in [2.45, 2.75) is 18.9 Å². The summed E-state index contributed by atoms with van der Waals surface area (Å²) in [6, 6.07) is 19.5. The van der Waals surface area contributed by atoms with E-state index in [0.29, 0.717) is 17.2 Å². The SMILES string of the molecule is O=C(NC(c1cccs1)C1CCOCC1)c1ccc2noc(-c3ccccc3)c2c1. The van der Waals surface area contributed by atoms with Crippen LogP contribution in [0, 0.1) is 5.92 Å². The van der Waals surface area contributed by atoms with E-state index in [2.05, 4.69) is 21.9 Å². The first-order valence-electron chi connectivity index (χ1n) is 10.2. The lowest BCUT2D eigenvalue weighted by Crippen LogP contribution is -2.35. The fourth-order valence-corrected chi connectivity index (χ4v) is 4.91. The van der Waals surface area contributed by atoms with E-state index in [-0.39, 0.29) is 11.9 Å². The van der Waals surface area contributed by atoms with E-state index in [1.165, 1.54) is 4.88 Å². The van der Waals surface area contributed by atoms with Crippen LogP contribution in [0.25, 0.3) is 22.2 Å². The number of benzene rings is 2. The molecule has 2 aromatic heterocycles. The summed E-state index contributed by atoms with van der Waals surface area (Å²) < 4.78 is 11.1. The van der Waals surface area contributed by atoms with Crippen molar-refractivity contribution in [2.24, 2.45) is 5.92 Å². The molecule has 6 heteroatoms. The number of fused-ring (bicyclic) bond motifs is 1. The van der Waals surface area contributed by atoms with Crippen LogP contribution in [-0.4, -0.2) is 24.3 Å². The van der Waals surface area contributed by atoms with Crippen molar-refractivity contribution in [3.63, 3.8) is 0 Å². The number of amides is 1. The summed E-state index contributed by atoms with van der Waals surface area (Å²) in [4.78, 5) is 14.4.